The van der Waals surface area contributed by atoms with E-state index in [0.717, 1.165) is 29.7 Å². The summed E-state index contributed by atoms with van der Waals surface area (Å²) in [5, 5.41) is 6.08. The molecule has 0 spiro atoms. The standard InChI is InChI=1S/C17H19N3O2S/c1-10-7-8-12-13(9-10)23-16(14(12)15(18)21)20-17(22)19-11-5-3-2-4-6-11/h2-6,10H,7-9H2,1H3,(H2,18,21)(H2,19,20,22)/t10-/m0/s1. The molecule has 3 amide bonds. The molecule has 0 radical (unpaired) electrons. The number of nitrogens with one attached hydrogen (secondary N) is 2. The van der Waals surface area contributed by atoms with Gasteiger partial charge < -0.3 is 11.1 Å². The van der Waals surface area contributed by atoms with Gasteiger partial charge in [-0.15, -0.1) is 11.3 Å². The number of benzene rings is 1. The number of primary amides is 1. The summed E-state index contributed by atoms with van der Waals surface area (Å²) < 4.78 is 0. The van der Waals surface area contributed by atoms with Crippen molar-refractivity contribution in [3.8, 4) is 0 Å². The van der Waals surface area contributed by atoms with E-state index in [4.69, 9.17) is 5.73 Å². The minimum atomic E-state index is -0.480. The van der Waals surface area contributed by atoms with E-state index < -0.39 is 5.91 Å². The molecule has 120 valence electrons. The molecule has 0 saturated carbocycles. The van der Waals surface area contributed by atoms with E-state index in [0.29, 0.717) is 22.2 Å². The molecule has 1 aromatic heterocycles. The maximum absolute atomic E-state index is 12.2. The van der Waals surface area contributed by atoms with Crippen LogP contribution in [-0.4, -0.2) is 11.9 Å². The molecule has 1 heterocycles. The first-order valence-corrected chi connectivity index (χ1v) is 8.43. The number of carbonyl (C=O) groups is 2. The molecule has 0 saturated heterocycles. The summed E-state index contributed by atoms with van der Waals surface area (Å²) in [5.74, 6) is 0.111. The van der Waals surface area contributed by atoms with Crippen LogP contribution in [0.4, 0.5) is 15.5 Å². The van der Waals surface area contributed by atoms with Gasteiger partial charge in [0.25, 0.3) is 5.91 Å². The average molecular weight is 329 g/mol. The fourth-order valence-corrected chi connectivity index (χ4v) is 4.30. The molecule has 0 fully saturated rings. The summed E-state index contributed by atoms with van der Waals surface area (Å²) in [6, 6.07) is 8.80. The molecular formula is C17H19N3O2S. The number of carbonyl (C=O) groups excluding carboxylic acids is 2. The Balaban J connectivity index is 1.82. The minimum Gasteiger partial charge on any atom is -0.365 e. The number of amides is 3. The number of nitrogens with two attached hydrogens (primary N) is 1. The van der Waals surface area contributed by atoms with Crippen molar-refractivity contribution in [2.75, 3.05) is 10.6 Å². The van der Waals surface area contributed by atoms with Gasteiger partial charge in [-0.3, -0.25) is 10.1 Å². The van der Waals surface area contributed by atoms with Gasteiger partial charge in [0.15, 0.2) is 0 Å². The smallest absolute Gasteiger partial charge is 0.324 e. The van der Waals surface area contributed by atoms with Crippen LogP contribution in [0.3, 0.4) is 0 Å². The molecule has 23 heavy (non-hydrogen) atoms. The van der Waals surface area contributed by atoms with Crippen LogP contribution in [0.5, 0.6) is 0 Å². The third kappa shape index (κ3) is 3.37. The van der Waals surface area contributed by atoms with Crippen LogP contribution in [-0.2, 0) is 12.8 Å². The zero-order valence-corrected chi connectivity index (χ0v) is 13.7. The van der Waals surface area contributed by atoms with E-state index in [1.807, 2.05) is 18.2 Å². The van der Waals surface area contributed by atoms with Crippen LogP contribution in [0.15, 0.2) is 30.3 Å². The summed E-state index contributed by atoms with van der Waals surface area (Å²) in [6.45, 7) is 2.20. The normalized spacial score (nSPS) is 16.5. The second kappa shape index (κ2) is 6.42. The van der Waals surface area contributed by atoms with Gasteiger partial charge in [0.1, 0.15) is 5.00 Å². The number of hydrogen-bond donors (Lipinski definition) is 3. The van der Waals surface area contributed by atoms with Gasteiger partial charge in [0.05, 0.1) is 5.56 Å². The fraction of sp³-hybridized carbons (Fsp3) is 0.294. The molecule has 1 atom stereocenters. The summed E-state index contributed by atoms with van der Waals surface area (Å²) >= 11 is 1.46. The Labute approximate surface area is 138 Å². The fourth-order valence-electron chi connectivity index (χ4n) is 2.89. The largest absolute Gasteiger partial charge is 0.365 e. The highest BCUT2D eigenvalue weighted by molar-refractivity contribution is 7.17. The highest BCUT2D eigenvalue weighted by Crippen LogP contribution is 2.39. The van der Waals surface area contributed by atoms with Gasteiger partial charge in [0.2, 0.25) is 0 Å². The number of fused-ring (bicyclic) bond motifs is 1. The molecule has 6 heteroatoms. The van der Waals surface area contributed by atoms with Gasteiger partial charge in [-0.1, -0.05) is 25.1 Å². The Morgan fingerprint density at radius 2 is 1.96 bits per heavy atom. The molecule has 1 aliphatic rings. The summed E-state index contributed by atoms with van der Waals surface area (Å²) in [5.41, 5.74) is 7.72. The first-order valence-electron chi connectivity index (χ1n) is 7.62. The Bertz CT molecular complexity index is 740. The maximum atomic E-state index is 12.2. The molecule has 1 aliphatic carbocycles. The van der Waals surface area contributed by atoms with E-state index >= 15 is 0 Å². The van der Waals surface area contributed by atoms with E-state index in [9.17, 15) is 9.59 Å². The molecule has 5 nitrogen and oxygen atoms in total. The van der Waals surface area contributed by atoms with Crippen molar-refractivity contribution >= 4 is 34.0 Å². The zero-order valence-electron chi connectivity index (χ0n) is 12.9. The molecular weight excluding hydrogens is 310 g/mol. The summed E-state index contributed by atoms with van der Waals surface area (Å²) in [4.78, 5) is 25.2. The molecule has 1 aromatic carbocycles. The lowest BCUT2D eigenvalue weighted by Gasteiger charge is -2.18. The van der Waals surface area contributed by atoms with Crippen LogP contribution < -0.4 is 16.4 Å². The lowest BCUT2D eigenvalue weighted by atomic mass is 9.88. The number of para-hydroxylation sites is 1. The SMILES string of the molecule is C[C@H]1CCc2c(sc(NC(=O)Nc3ccccc3)c2C(N)=O)C1. The third-order valence-electron chi connectivity index (χ3n) is 4.02. The van der Waals surface area contributed by atoms with Crippen molar-refractivity contribution < 1.29 is 9.59 Å². The lowest BCUT2D eigenvalue weighted by molar-refractivity contribution is 0.100. The topological polar surface area (TPSA) is 84.2 Å². The van der Waals surface area contributed by atoms with E-state index in [1.165, 1.54) is 11.3 Å². The van der Waals surface area contributed by atoms with Gasteiger partial charge >= 0.3 is 6.03 Å². The highest BCUT2D eigenvalue weighted by atomic mass is 32.1. The molecule has 0 unspecified atom stereocenters. The van der Waals surface area contributed by atoms with Gasteiger partial charge in [-0.05, 0) is 42.9 Å². The average Bonchev–Trinajstić information content (AvgIpc) is 2.84. The van der Waals surface area contributed by atoms with Crippen molar-refractivity contribution in [3.05, 3.63) is 46.3 Å². The minimum absolute atomic E-state index is 0.370. The van der Waals surface area contributed by atoms with E-state index in [2.05, 4.69) is 17.6 Å². The molecule has 4 N–H and O–H groups in total. The monoisotopic (exact) mass is 329 g/mol. The Morgan fingerprint density at radius 1 is 1.22 bits per heavy atom. The number of rotatable bonds is 3. The summed E-state index contributed by atoms with van der Waals surface area (Å²) in [6.07, 6.45) is 2.81. The first-order chi connectivity index (χ1) is 11.0. The quantitative estimate of drug-likeness (QED) is 0.803. The van der Waals surface area contributed by atoms with Crippen molar-refractivity contribution in [1.82, 2.24) is 0 Å². The predicted octanol–water partition coefficient (Wildman–Crippen LogP) is 3.62. The number of hydrogen-bond acceptors (Lipinski definition) is 3. The number of anilines is 2. The summed E-state index contributed by atoms with van der Waals surface area (Å²) in [7, 11) is 0. The van der Waals surface area contributed by atoms with Gasteiger partial charge in [-0.2, -0.15) is 0 Å². The van der Waals surface area contributed by atoms with E-state index in [-0.39, 0.29) is 6.03 Å². The van der Waals surface area contributed by atoms with Gasteiger partial charge in [0, 0.05) is 10.6 Å². The third-order valence-corrected chi connectivity index (χ3v) is 5.19. The van der Waals surface area contributed by atoms with Crippen LogP contribution >= 0.6 is 11.3 Å². The Kier molecular flexibility index (Phi) is 4.34. The van der Waals surface area contributed by atoms with Crippen LogP contribution in [0.1, 0.15) is 34.1 Å². The van der Waals surface area contributed by atoms with Crippen molar-refractivity contribution in [1.29, 1.82) is 0 Å². The first kappa shape index (κ1) is 15.6. The maximum Gasteiger partial charge on any atom is 0.324 e. The number of thiophene rings is 1. The highest BCUT2D eigenvalue weighted by Gasteiger charge is 2.27. The molecule has 2 aromatic rings. The lowest BCUT2D eigenvalue weighted by Crippen LogP contribution is -2.22. The van der Waals surface area contributed by atoms with Gasteiger partial charge in [-0.25, -0.2) is 4.79 Å². The van der Waals surface area contributed by atoms with Crippen LogP contribution in [0.2, 0.25) is 0 Å². The van der Waals surface area contributed by atoms with E-state index in [1.54, 1.807) is 12.1 Å². The second-order valence-corrected chi connectivity index (χ2v) is 6.97. The molecule has 3 rings (SSSR count). The van der Waals surface area contributed by atoms with Crippen molar-refractivity contribution in [2.24, 2.45) is 11.7 Å². The predicted molar refractivity (Wildman–Crippen MR) is 93.1 cm³/mol. The zero-order chi connectivity index (χ0) is 16.4. The second-order valence-electron chi connectivity index (χ2n) is 5.87. The van der Waals surface area contributed by atoms with Crippen LogP contribution in [0.25, 0.3) is 0 Å². The Morgan fingerprint density at radius 3 is 2.65 bits per heavy atom. The number of urea groups is 1. The van der Waals surface area contributed by atoms with Crippen molar-refractivity contribution in [3.63, 3.8) is 0 Å². The molecule has 0 bridgehead atoms. The molecule has 0 aliphatic heterocycles. The van der Waals surface area contributed by atoms with Crippen molar-refractivity contribution in [2.45, 2.75) is 26.2 Å². The van der Waals surface area contributed by atoms with Crippen LogP contribution in [0, 0.1) is 5.92 Å². The Hall–Kier alpha value is -2.34.